The van der Waals surface area contributed by atoms with Gasteiger partial charge in [0.2, 0.25) is 5.13 Å². The Kier molecular flexibility index (Phi) is 5.17. The Bertz CT molecular complexity index is 1030. The quantitative estimate of drug-likeness (QED) is 0.396. The van der Waals surface area contributed by atoms with E-state index in [9.17, 15) is 4.79 Å². The first-order valence-electron chi connectivity index (χ1n) is 7.93. The second kappa shape index (κ2) is 8.06. The summed E-state index contributed by atoms with van der Waals surface area (Å²) in [6, 6.07) is 17.1. The Labute approximate surface area is 162 Å². The molecule has 1 N–H and O–H groups in total. The molecule has 134 valence electrons. The van der Waals surface area contributed by atoms with Crippen LogP contribution in [0.1, 0.15) is 15.9 Å². The van der Waals surface area contributed by atoms with Gasteiger partial charge in [0.05, 0.1) is 5.69 Å². The van der Waals surface area contributed by atoms with Crippen LogP contribution in [0.25, 0.3) is 5.69 Å². The molecule has 0 aliphatic heterocycles. The maximum Gasteiger partial charge on any atom is 0.257 e. The maximum absolute atomic E-state index is 12.5. The molecule has 2 heterocycles. The molecule has 0 saturated heterocycles. The summed E-state index contributed by atoms with van der Waals surface area (Å²) in [7, 11) is 0. The number of aromatic nitrogens is 6. The van der Waals surface area contributed by atoms with Gasteiger partial charge < -0.3 is 0 Å². The van der Waals surface area contributed by atoms with Gasteiger partial charge >= 0.3 is 0 Å². The summed E-state index contributed by atoms with van der Waals surface area (Å²) in [6.45, 7) is 0. The van der Waals surface area contributed by atoms with E-state index < -0.39 is 0 Å². The van der Waals surface area contributed by atoms with Crippen LogP contribution < -0.4 is 5.32 Å². The van der Waals surface area contributed by atoms with Crippen LogP contribution in [0.15, 0.2) is 65.3 Å². The van der Waals surface area contributed by atoms with Crippen LogP contribution in [-0.2, 0) is 5.75 Å². The molecule has 8 nitrogen and oxygen atoms in total. The van der Waals surface area contributed by atoms with Gasteiger partial charge in [0.1, 0.15) is 6.33 Å². The summed E-state index contributed by atoms with van der Waals surface area (Å²) in [5.74, 6) is 0.540. The highest BCUT2D eigenvalue weighted by molar-refractivity contribution is 8.00. The number of tetrazole rings is 1. The van der Waals surface area contributed by atoms with Crippen LogP contribution >= 0.6 is 23.1 Å². The Morgan fingerprint density at radius 3 is 2.81 bits per heavy atom. The van der Waals surface area contributed by atoms with E-state index in [0.29, 0.717) is 16.4 Å². The normalized spacial score (nSPS) is 10.7. The number of hydrogen-bond donors (Lipinski definition) is 1. The van der Waals surface area contributed by atoms with Gasteiger partial charge in [0.25, 0.3) is 5.91 Å². The zero-order valence-corrected chi connectivity index (χ0v) is 15.5. The molecule has 0 saturated carbocycles. The topological polar surface area (TPSA) is 98.5 Å². The molecule has 0 fully saturated rings. The monoisotopic (exact) mass is 395 g/mol. The van der Waals surface area contributed by atoms with E-state index in [0.717, 1.165) is 10.1 Å². The van der Waals surface area contributed by atoms with Crippen molar-refractivity contribution < 1.29 is 4.79 Å². The van der Waals surface area contributed by atoms with E-state index in [1.54, 1.807) is 30.0 Å². The number of hydrogen-bond acceptors (Lipinski definition) is 8. The van der Waals surface area contributed by atoms with E-state index in [-0.39, 0.29) is 5.91 Å². The number of rotatable bonds is 6. The SMILES string of the molecule is O=C(Nc1nnc(SCc2ccccc2)s1)c1cccc(-n2cnnn2)c1. The molecule has 0 spiro atoms. The average molecular weight is 395 g/mol. The van der Waals surface area contributed by atoms with Crippen LogP contribution in [0.5, 0.6) is 0 Å². The smallest absolute Gasteiger partial charge is 0.257 e. The third-order valence-electron chi connectivity index (χ3n) is 3.55. The van der Waals surface area contributed by atoms with Gasteiger partial charge in [-0.2, -0.15) is 0 Å². The summed E-state index contributed by atoms with van der Waals surface area (Å²) in [4.78, 5) is 12.5. The van der Waals surface area contributed by atoms with Crippen molar-refractivity contribution in [3.05, 3.63) is 72.1 Å². The molecule has 27 heavy (non-hydrogen) atoms. The standard InChI is InChI=1S/C17H13N7OS2/c25-15(13-7-4-8-14(9-13)24-11-18-22-23-24)19-16-20-21-17(27-16)26-10-12-5-2-1-3-6-12/h1-9,11H,10H2,(H,19,20,25). The van der Waals surface area contributed by atoms with Crippen molar-refractivity contribution in [2.45, 2.75) is 10.1 Å². The van der Waals surface area contributed by atoms with E-state index >= 15 is 0 Å². The van der Waals surface area contributed by atoms with Gasteiger partial charge in [-0.3, -0.25) is 10.1 Å². The second-order valence-electron chi connectivity index (χ2n) is 5.41. The molecule has 0 aliphatic carbocycles. The fraction of sp³-hybridized carbons (Fsp3) is 0.0588. The van der Waals surface area contributed by atoms with E-state index in [4.69, 9.17) is 0 Å². The number of amides is 1. The van der Waals surface area contributed by atoms with Crippen molar-refractivity contribution in [2.75, 3.05) is 5.32 Å². The van der Waals surface area contributed by atoms with Crippen LogP contribution in [-0.4, -0.2) is 36.3 Å². The Morgan fingerprint density at radius 1 is 1.11 bits per heavy atom. The molecule has 4 rings (SSSR count). The van der Waals surface area contributed by atoms with E-state index in [1.807, 2.05) is 24.3 Å². The number of carbonyl (C=O) groups is 1. The summed E-state index contributed by atoms with van der Waals surface area (Å²) in [6.07, 6.45) is 1.47. The number of thioether (sulfide) groups is 1. The van der Waals surface area contributed by atoms with Gasteiger partial charge in [0.15, 0.2) is 4.34 Å². The van der Waals surface area contributed by atoms with Crippen molar-refractivity contribution in [1.29, 1.82) is 0 Å². The summed E-state index contributed by atoms with van der Waals surface area (Å²) in [5.41, 5.74) is 2.39. The highest BCUT2D eigenvalue weighted by Crippen LogP contribution is 2.28. The lowest BCUT2D eigenvalue weighted by Crippen LogP contribution is -2.12. The number of nitrogens with one attached hydrogen (secondary N) is 1. The molecule has 4 aromatic rings. The number of carbonyl (C=O) groups excluding carboxylic acids is 1. The molecular weight excluding hydrogens is 382 g/mol. The molecule has 2 aromatic carbocycles. The molecule has 0 bridgehead atoms. The Balaban J connectivity index is 1.40. The summed E-state index contributed by atoms with van der Waals surface area (Å²) in [5, 5.41) is 22.4. The number of nitrogens with zero attached hydrogens (tertiary/aromatic N) is 6. The fourth-order valence-corrected chi connectivity index (χ4v) is 3.98. The highest BCUT2D eigenvalue weighted by Gasteiger charge is 2.12. The minimum absolute atomic E-state index is 0.263. The van der Waals surface area contributed by atoms with Gasteiger partial charge in [-0.05, 0) is 34.2 Å². The molecule has 1 amide bonds. The predicted molar refractivity (Wildman–Crippen MR) is 103 cm³/mol. The lowest BCUT2D eigenvalue weighted by molar-refractivity contribution is 0.102. The number of anilines is 1. The second-order valence-corrected chi connectivity index (χ2v) is 7.61. The maximum atomic E-state index is 12.5. The first kappa shape index (κ1) is 17.3. The largest absolute Gasteiger partial charge is 0.296 e. The average Bonchev–Trinajstić information content (AvgIpc) is 3.40. The van der Waals surface area contributed by atoms with Gasteiger partial charge in [-0.25, -0.2) is 4.68 Å². The van der Waals surface area contributed by atoms with Gasteiger partial charge in [0, 0.05) is 11.3 Å². The fourth-order valence-electron chi connectivity index (χ4n) is 2.28. The van der Waals surface area contributed by atoms with Crippen molar-refractivity contribution in [3.8, 4) is 5.69 Å². The van der Waals surface area contributed by atoms with Crippen molar-refractivity contribution >= 4 is 34.1 Å². The Hall–Kier alpha value is -3.11. The van der Waals surface area contributed by atoms with Crippen LogP contribution in [0, 0.1) is 0 Å². The molecule has 0 atom stereocenters. The molecule has 2 aromatic heterocycles. The molecule has 0 aliphatic rings. The van der Waals surface area contributed by atoms with Gasteiger partial charge in [-0.15, -0.1) is 15.3 Å². The zero-order chi connectivity index (χ0) is 18.5. The lowest BCUT2D eigenvalue weighted by atomic mass is 10.2. The first-order chi connectivity index (χ1) is 13.3. The van der Waals surface area contributed by atoms with Crippen LogP contribution in [0.3, 0.4) is 0 Å². The number of benzene rings is 2. The minimum atomic E-state index is -0.263. The van der Waals surface area contributed by atoms with Crippen molar-refractivity contribution in [1.82, 2.24) is 30.4 Å². The van der Waals surface area contributed by atoms with E-state index in [1.165, 1.54) is 27.9 Å². The van der Waals surface area contributed by atoms with Gasteiger partial charge in [-0.1, -0.05) is 59.5 Å². The molecule has 0 unspecified atom stereocenters. The minimum Gasteiger partial charge on any atom is -0.296 e. The van der Waals surface area contributed by atoms with Crippen LogP contribution in [0.4, 0.5) is 5.13 Å². The molecular formula is C17H13N7OS2. The third-order valence-corrected chi connectivity index (χ3v) is 5.60. The van der Waals surface area contributed by atoms with E-state index in [2.05, 4.69) is 43.2 Å². The van der Waals surface area contributed by atoms with Crippen molar-refractivity contribution in [2.24, 2.45) is 0 Å². The molecule has 10 heteroatoms. The summed E-state index contributed by atoms with van der Waals surface area (Å²) >= 11 is 2.93. The van der Waals surface area contributed by atoms with Crippen LogP contribution in [0.2, 0.25) is 0 Å². The van der Waals surface area contributed by atoms with Crippen molar-refractivity contribution in [3.63, 3.8) is 0 Å². The molecule has 0 radical (unpaired) electrons. The zero-order valence-electron chi connectivity index (χ0n) is 13.9. The summed E-state index contributed by atoms with van der Waals surface area (Å²) < 4.78 is 2.29. The Morgan fingerprint density at radius 2 is 2.00 bits per heavy atom. The first-order valence-corrected chi connectivity index (χ1v) is 9.73. The lowest BCUT2D eigenvalue weighted by Gasteiger charge is -2.04. The third kappa shape index (κ3) is 4.36. The highest BCUT2D eigenvalue weighted by atomic mass is 32.2. The predicted octanol–water partition coefficient (Wildman–Crippen LogP) is 3.06.